The van der Waals surface area contributed by atoms with Crippen LogP contribution in [0.2, 0.25) is 0 Å². The Labute approximate surface area is 117 Å². The second-order valence-corrected chi connectivity index (χ2v) is 5.63. The van der Waals surface area contributed by atoms with Gasteiger partial charge in [-0.15, -0.1) is 0 Å². The zero-order chi connectivity index (χ0) is 14.7. The number of aromatic nitrogens is 1. The van der Waals surface area contributed by atoms with Crippen LogP contribution in [0.3, 0.4) is 0 Å². The summed E-state index contributed by atoms with van der Waals surface area (Å²) in [7, 11) is 0. The Kier molecular flexibility index (Phi) is 4.42. The van der Waals surface area contributed by atoms with Gasteiger partial charge in [-0.25, -0.2) is 4.79 Å². The topological polar surface area (TPSA) is 92.4 Å². The minimum Gasteiger partial charge on any atom is -0.480 e. The van der Waals surface area contributed by atoms with E-state index in [0.29, 0.717) is 6.42 Å². The molecule has 0 aromatic carbocycles. The van der Waals surface area contributed by atoms with Crippen LogP contribution >= 0.6 is 0 Å². The van der Waals surface area contributed by atoms with Crippen molar-refractivity contribution in [3.05, 3.63) is 17.0 Å². The maximum atomic E-state index is 12.2. The molecular weight excluding hydrogens is 260 g/mol. The normalized spacial score (nSPS) is 15.8. The molecule has 1 aromatic heterocycles. The summed E-state index contributed by atoms with van der Waals surface area (Å²) >= 11 is 0. The first-order chi connectivity index (χ1) is 9.49. The van der Waals surface area contributed by atoms with Crippen LogP contribution in [0.5, 0.6) is 0 Å². The fourth-order valence-electron chi connectivity index (χ4n) is 2.48. The van der Waals surface area contributed by atoms with Crippen LogP contribution in [0.15, 0.2) is 4.52 Å². The highest BCUT2D eigenvalue weighted by Gasteiger charge is 2.27. The number of hydrogen-bond acceptors (Lipinski definition) is 4. The lowest BCUT2D eigenvalue weighted by molar-refractivity contribution is -0.139. The number of fused-ring (bicyclic) bond motifs is 1. The summed E-state index contributed by atoms with van der Waals surface area (Å²) in [6.45, 7) is 3.83. The lowest BCUT2D eigenvalue weighted by Crippen LogP contribution is -2.42. The van der Waals surface area contributed by atoms with Gasteiger partial charge in [0.25, 0.3) is 5.91 Å². The van der Waals surface area contributed by atoms with Gasteiger partial charge in [-0.3, -0.25) is 4.79 Å². The first-order valence-corrected chi connectivity index (χ1v) is 7.00. The number of aryl methyl sites for hydroxylation is 1. The van der Waals surface area contributed by atoms with Crippen LogP contribution in [-0.4, -0.2) is 28.2 Å². The number of nitrogens with zero attached hydrogens (tertiary/aromatic N) is 1. The Bertz CT molecular complexity index is 507. The van der Waals surface area contributed by atoms with E-state index in [1.807, 2.05) is 13.8 Å². The molecule has 0 radical (unpaired) electrons. The van der Waals surface area contributed by atoms with E-state index in [2.05, 4.69) is 10.5 Å². The second-order valence-electron chi connectivity index (χ2n) is 5.63. The zero-order valence-corrected chi connectivity index (χ0v) is 11.8. The van der Waals surface area contributed by atoms with Crippen LogP contribution in [0, 0.1) is 5.92 Å². The summed E-state index contributed by atoms with van der Waals surface area (Å²) in [6.07, 6.45) is 3.99. The van der Waals surface area contributed by atoms with Crippen LogP contribution in [0.25, 0.3) is 0 Å². The smallest absolute Gasteiger partial charge is 0.326 e. The van der Waals surface area contributed by atoms with Gasteiger partial charge in [-0.05, 0) is 31.6 Å². The third-order valence-electron chi connectivity index (χ3n) is 3.48. The van der Waals surface area contributed by atoms with E-state index in [0.717, 1.165) is 37.0 Å². The largest absolute Gasteiger partial charge is 0.480 e. The quantitative estimate of drug-likeness (QED) is 0.857. The molecule has 0 saturated heterocycles. The molecule has 0 saturated carbocycles. The number of nitrogens with one attached hydrogen (secondary N) is 1. The third kappa shape index (κ3) is 3.18. The summed E-state index contributed by atoms with van der Waals surface area (Å²) in [4.78, 5) is 23.3. The van der Waals surface area contributed by atoms with Gasteiger partial charge in [-0.2, -0.15) is 0 Å². The molecule has 1 amide bonds. The van der Waals surface area contributed by atoms with E-state index in [1.165, 1.54) is 0 Å². The molecule has 1 aromatic rings. The predicted octanol–water partition coefficient (Wildman–Crippen LogP) is 1.78. The average Bonchev–Trinajstić information content (AvgIpc) is 2.81. The van der Waals surface area contributed by atoms with Crippen LogP contribution < -0.4 is 5.32 Å². The van der Waals surface area contributed by atoms with E-state index in [-0.39, 0.29) is 11.6 Å². The molecule has 1 heterocycles. The van der Waals surface area contributed by atoms with Gasteiger partial charge in [0, 0.05) is 12.0 Å². The monoisotopic (exact) mass is 280 g/mol. The Hall–Kier alpha value is -1.85. The SMILES string of the molecule is CC(C)C[C@@H](NC(=O)c1noc2c1CCCC2)C(=O)O. The van der Waals surface area contributed by atoms with Crippen molar-refractivity contribution in [3.8, 4) is 0 Å². The molecule has 6 heteroatoms. The number of hydrogen-bond donors (Lipinski definition) is 2. The Morgan fingerprint density at radius 3 is 2.70 bits per heavy atom. The maximum absolute atomic E-state index is 12.2. The highest BCUT2D eigenvalue weighted by molar-refractivity contribution is 5.96. The molecule has 6 nitrogen and oxygen atoms in total. The van der Waals surface area contributed by atoms with Gasteiger partial charge in [0.1, 0.15) is 11.8 Å². The molecule has 110 valence electrons. The number of carboxylic acid groups (broad SMARTS) is 1. The summed E-state index contributed by atoms with van der Waals surface area (Å²) in [5.41, 5.74) is 1.08. The van der Waals surface area contributed by atoms with Crippen molar-refractivity contribution in [2.24, 2.45) is 5.92 Å². The van der Waals surface area contributed by atoms with Gasteiger partial charge >= 0.3 is 5.97 Å². The number of carboxylic acids is 1. The molecule has 2 rings (SSSR count). The first-order valence-electron chi connectivity index (χ1n) is 7.00. The van der Waals surface area contributed by atoms with Crippen molar-refractivity contribution < 1.29 is 19.2 Å². The van der Waals surface area contributed by atoms with Gasteiger partial charge in [0.15, 0.2) is 5.69 Å². The Morgan fingerprint density at radius 1 is 1.35 bits per heavy atom. The number of amides is 1. The van der Waals surface area contributed by atoms with Crippen molar-refractivity contribution in [3.63, 3.8) is 0 Å². The molecule has 2 N–H and O–H groups in total. The summed E-state index contributed by atoms with van der Waals surface area (Å²) in [5, 5.41) is 15.5. The molecular formula is C14H20N2O4. The van der Waals surface area contributed by atoms with Gasteiger partial charge in [0.05, 0.1) is 0 Å². The number of rotatable bonds is 5. The highest BCUT2D eigenvalue weighted by Crippen LogP contribution is 2.24. The fourth-order valence-corrected chi connectivity index (χ4v) is 2.48. The van der Waals surface area contributed by atoms with Crippen molar-refractivity contribution in [2.75, 3.05) is 0 Å². The summed E-state index contributed by atoms with van der Waals surface area (Å²) in [5.74, 6) is -0.533. The van der Waals surface area contributed by atoms with E-state index < -0.39 is 17.9 Å². The van der Waals surface area contributed by atoms with Gasteiger partial charge < -0.3 is 14.9 Å². The van der Waals surface area contributed by atoms with Gasteiger partial charge in [0.2, 0.25) is 0 Å². The Balaban J connectivity index is 2.10. The number of carbonyl (C=O) groups excluding carboxylic acids is 1. The molecule has 20 heavy (non-hydrogen) atoms. The minimum atomic E-state index is -1.02. The van der Waals surface area contributed by atoms with E-state index in [1.54, 1.807) is 0 Å². The summed E-state index contributed by atoms with van der Waals surface area (Å²) < 4.78 is 5.17. The molecule has 1 aliphatic carbocycles. The molecule has 0 unspecified atom stereocenters. The zero-order valence-electron chi connectivity index (χ0n) is 11.8. The molecule has 1 atom stereocenters. The predicted molar refractivity (Wildman–Crippen MR) is 71.5 cm³/mol. The third-order valence-corrected chi connectivity index (χ3v) is 3.48. The van der Waals surface area contributed by atoms with E-state index >= 15 is 0 Å². The Morgan fingerprint density at radius 2 is 2.05 bits per heavy atom. The number of carbonyl (C=O) groups is 2. The van der Waals surface area contributed by atoms with Crippen molar-refractivity contribution >= 4 is 11.9 Å². The van der Waals surface area contributed by atoms with Gasteiger partial charge in [-0.1, -0.05) is 19.0 Å². The average molecular weight is 280 g/mol. The second kappa shape index (κ2) is 6.07. The molecule has 0 bridgehead atoms. The molecule has 1 aliphatic rings. The van der Waals surface area contributed by atoms with E-state index in [9.17, 15) is 9.59 Å². The summed E-state index contributed by atoms with van der Waals surface area (Å²) in [6, 6.07) is -0.890. The maximum Gasteiger partial charge on any atom is 0.326 e. The van der Waals surface area contributed by atoms with Crippen LogP contribution in [0.4, 0.5) is 0 Å². The fraction of sp³-hybridized carbons (Fsp3) is 0.643. The molecule has 0 spiro atoms. The van der Waals surface area contributed by atoms with Crippen LogP contribution in [0.1, 0.15) is 54.9 Å². The minimum absolute atomic E-state index is 0.183. The van der Waals surface area contributed by atoms with E-state index in [4.69, 9.17) is 9.63 Å². The lowest BCUT2D eigenvalue weighted by atomic mass is 9.96. The molecule has 0 aliphatic heterocycles. The van der Waals surface area contributed by atoms with Crippen molar-refractivity contribution in [1.29, 1.82) is 0 Å². The van der Waals surface area contributed by atoms with Crippen molar-refractivity contribution in [2.45, 2.75) is 52.0 Å². The van der Waals surface area contributed by atoms with Crippen molar-refractivity contribution in [1.82, 2.24) is 10.5 Å². The highest BCUT2D eigenvalue weighted by atomic mass is 16.5. The standard InChI is InChI=1S/C14H20N2O4/c1-8(2)7-10(14(18)19)15-13(17)12-9-5-3-4-6-11(9)20-16-12/h8,10H,3-7H2,1-2H3,(H,15,17)(H,18,19)/t10-/m1/s1. The molecule has 0 fully saturated rings. The lowest BCUT2D eigenvalue weighted by Gasteiger charge is -2.16. The van der Waals surface area contributed by atoms with Crippen LogP contribution in [-0.2, 0) is 17.6 Å². The number of aliphatic carboxylic acids is 1. The first kappa shape index (κ1) is 14.6.